The molecule has 0 saturated carbocycles. The maximum Gasteiger partial charge on any atom is 1.00 e. The van der Waals surface area contributed by atoms with Gasteiger partial charge in [0.15, 0.2) is 0 Å². The molecule has 0 N–H and O–H groups in total. The summed E-state index contributed by atoms with van der Waals surface area (Å²) in [6.07, 6.45) is 1.26. The van der Waals surface area contributed by atoms with Gasteiger partial charge < -0.3 is 0 Å². The van der Waals surface area contributed by atoms with Crippen LogP contribution in [0.2, 0.25) is 12.6 Å². The summed E-state index contributed by atoms with van der Waals surface area (Å²) in [6.45, 7) is 4.33. The van der Waals surface area contributed by atoms with Crippen LogP contribution in [-0.4, -0.2) is 8.11 Å². The Bertz CT molecular complexity index is 32.9. The van der Waals surface area contributed by atoms with Gasteiger partial charge in [-0.15, -0.1) is 0 Å². The number of hydrogen-bond donors (Lipinski definition) is 0. The predicted molar refractivity (Wildman–Crippen MR) is 35.1 cm³/mol. The lowest BCUT2D eigenvalue weighted by Crippen LogP contribution is -1.91. The summed E-state index contributed by atoms with van der Waals surface area (Å²) in [5, 5.41) is 0. The van der Waals surface area contributed by atoms with Crippen molar-refractivity contribution < 1.29 is 1.43 Å². The summed E-state index contributed by atoms with van der Waals surface area (Å²) in [7, 11) is -0.698. The van der Waals surface area contributed by atoms with Crippen LogP contribution in [0.3, 0.4) is 0 Å². The van der Waals surface area contributed by atoms with E-state index in [1.54, 1.807) is 0 Å². The minimum absolute atomic E-state index is 0. The first-order valence-electron chi connectivity index (χ1n) is 2.41. The Balaban J connectivity index is 0. The van der Waals surface area contributed by atoms with E-state index < -0.39 is 8.11 Å². The number of rotatable bonds is 2. The third-order valence-electron chi connectivity index (χ3n) is 0.686. The zero-order valence-corrected chi connectivity index (χ0v) is 6.28. The fourth-order valence-electron chi connectivity index (χ4n) is 0.398. The molecule has 38 valence electrons. The fraction of sp³-hybridized carbons (Fsp3) is 1.00. The Morgan fingerprint density at radius 2 is 2.33 bits per heavy atom. The second-order valence-corrected chi connectivity index (χ2v) is 5.94. The van der Waals surface area contributed by atoms with Gasteiger partial charge in [-0.3, -0.25) is 0 Å². The molecule has 2 heteroatoms. The van der Waals surface area contributed by atoms with E-state index in [1.165, 1.54) is 12.5 Å². The van der Waals surface area contributed by atoms with E-state index in [4.69, 9.17) is 11.1 Å². The lowest BCUT2D eigenvalue weighted by atomic mass is 10.6. The normalized spacial score (nSPS) is 14.5. The Kier molecular flexibility index (Phi) is 4.00. The van der Waals surface area contributed by atoms with Crippen LogP contribution >= 0.6 is 11.1 Å². The van der Waals surface area contributed by atoms with E-state index in [0.29, 0.717) is 0 Å². The van der Waals surface area contributed by atoms with Gasteiger partial charge in [-0.05, 0) is 6.04 Å². The summed E-state index contributed by atoms with van der Waals surface area (Å²) in [6, 6.07) is 1.28. The number of hydrogen-bond acceptors (Lipinski definition) is 0. The molecular formula is C4H12ClSi+. The summed E-state index contributed by atoms with van der Waals surface area (Å²) in [5.41, 5.74) is 0. The lowest BCUT2D eigenvalue weighted by molar-refractivity contribution is 1.07. The molecule has 0 aromatic carbocycles. The van der Waals surface area contributed by atoms with Gasteiger partial charge in [0.1, 0.15) is 8.11 Å². The molecular weight excluding hydrogens is 112 g/mol. The van der Waals surface area contributed by atoms with Gasteiger partial charge in [-0.25, -0.2) is 0 Å². The Labute approximate surface area is 47.3 Å². The molecule has 1 atom stereocenters. The topological polar surface area (TPSA) is 0 Å². The first-order valence-corrected chi connectivity index (χ1v) is 6.13. The van der Waals surface area contributed by atoms with Crippen LogP contribution in [0.5, 0.6) is 0 Å². The van der Waals surface area contributed by atoms with Gasteiger partial charge in [-0.2, -0.15) is 11.1 Å². The quantitative estimate of drug-likeness (QED) is 0.390. The predicted octanol–water partition coefficient (Wildman–Crippen LogP) is 2.10. The van der Waals surface area contributed by atoms with Gasteiger partial charge in [0.05, 0.1) is 0 Å². The van der Waals surface area contributed by atoms with Gasteiger partial charge in [0.2, 0.25) is 0 Å². The molecule has 0 saturated heterocycles. The van der Waals surface area contributed by atoms with E-state index in [2.05, 4.69) is 13.5 Å². The highest BCUT2D eigenvalue weighted by Crippen LogP contribution is 1.98. The van der Waals surface area contributed by atoms with Crippen molar-refractivity contribution in [3.05, 3.63) is 0 Å². The lowest BCUT2D eigenvalue weighted by Gasteiger charge is -1.90. The van der Waals surface area contributed by atoms with Crippen LogP contribution in [0, 0.1) is 0 Å². The molecule has 0 aliphatic rings. The van der Waals surface area contributed by atoms with Crippen molar-refractivity contribution in [2.75, 3.05) is 0 Å². The Morgan fingerprint density at radius 3 is 2.33 bits per heavy atom. The van der Waals surface area contributed by atoms with Gasteiger partial charge in [0.25, 0.3) is 0 Å². The molecule has 0 spiro atoms. The third-order valence-corrected chi connectivity index (χ3v) is 2.71. The second kappa shape index (κ2) is 3.69. The van der Waals surface area contributed by atoms with Crippen LogP contribution in [-0.2, 0) is 0 Å². The van der Waals surface area contributed by atoms with Gasteiger partial charge in [-0.1, -0.05) is 19.9 Å². The van der Waals surface area contributed by atoms with Gasteiger partial charge in [0, 0.05) is 0 Å². The van der Waals surface area contributed by atoms with E-state index in [0.717, 1.165) is 0 Å². The van der Waals surface area contributed by atoms with Crippen molar-refractivity contribution in [3.8, 4) is 0 Å². The largest absolute Gasteiger partial charge is 1.00 e. The van der Waals surface area contributed by atoms with Crippen molar-refractivity contribution in [3.63, 3.8) is 0 Å². The summed E-state index contributed by atoms with van der Waals surface area (Å²) in [4.78, 5) is 0. The molecule has 0 aromatic rings. The molecule has 0 heterocycles. The van der Waals surface area contributed by atoms with Crippen LogP contribution in [0.25, 0.3) is 0 Å². The highest BCUT2D eigenvalue weighted by molar-refractivity contribution is 7.06. The van der Waals surface area contributed by atoms with E-state index in [1.807, 2.05) is 0 Å². The zero-order valence-electron chi connectivity index (χ0n) is 5.37. The van der Waals surface area contributed by atoms with Gasteiger partial charge >= 0.3 is 1.43 Å². The molecule has 0 rings (SSSR count). The fourth-order valence-corrected chi connectivity index (χ4v) is 1.85. The average molecular weight is 124 g/mol. The summed E-state index contributed by atoms with van der Waals surface area (Å²) >= 11 is 5.72. The van der Waals surface area contributed by atoms with Crippen LogP contribution in [0.4, 0.5) is 0 Å². The third kappa shape index (κ3) is 4.51. The smallest absolute Gasteiger partial charge is 0.172 e. The molecule has 0 nitrogen and oxygen atoms in total. The molecule has 0 radical (unpaired) electrons. The van der Waals surface area contributed by atoms with E-state index >= 15 is 0 Å². The highest BCUT2D eigenvalue weighted by Gasteiger charge is 1.91. The van der Waals surface area contributed by atoms with Crippen molar-refractivity contribution in [2.24, 2.45) is 0 Å². The molecule has 0 aromatic heterocycles. The van der Waals surface area contributed by atoms with Crippen molar-refractivity contribution in [2.45, 2.75) is 25.9 Å². The molecule has 0 bridgehead atoms. The summed E-state index contributed by atoms with van der Waals surface area (Å²) < 4.78 is 0. The summed E-state index contributed by atoms with van der Waals surface area (Å²) in [5.74, 6) is 0. The first kappa shape index (κ1) is 6.51. The van der Waals surface area contributed by atoms with E-state index in [9.17, 15) is 0 Å². The molecule has 0 aliphatic heterocycles. The maximum absolute atomic E-state index is 5.72. The monoisotopic (exact) mass is 123 g/mol. The van der Waals surface area contributed by atoms with Crippen LogP contribution < -0.4 is 0 Å². The molecule has 6 heavy (non-hydrogen) atoms. The molecule has 0 aliphatic carbocycles. The van der Waals surface area contributed by atoms with Crippen molar-refractivity contribution in [1.29, 1.82) is 0 Å². The average Bonchev–Trinajstić information content (AvgIpc) is 1.35. The molecule has 1 unspecified atom stereocenters. The molecule has 0 fully saturated rings. The Hall–Kier alpha value is 0.507. The first-order chi connectivity index (χ1) is 2.77. The minimum atomic E-state index is -0.698. The zero-order chi connectivity index (χ0) is 4.99. The van der Waals surface area contributed by atoms with Crippen molar-refractivity contribution >= 4 is 19.2 Å². The maximum atomic E-state index is 5.72. The van der Waals surface area contributed by atoms with E-state index in [-0.39, 0.29) is 1.43 Å². The minimum Gasteiger partial charge on any atom is -0.172 e. The molecule has 0 amide bonds. The standard InChI is InChI=1S/C4H11ClSi/c1-3-4-6(2)5/h6H,3-4H2,1-2H3/p+1. The van der Waals surface area contributed by atoms with Crippen LogP contribution in [0.15, 0.2) is 0 Å². The number of halogens is 1. The van der Waals surface area contributed by atoms with Crippen LogP contribution in [0.1, 0.15) is 14.8 Å². The van der Waals surface area contributed by atoms with Crippen molar-refractivity contribution in [1.82, 2.24) is 0 Å². The second-order valence-electron chi connectivity index (χ2n) is 1.57. The Morgan fingerprint density at radius 1 is 1.83 bits per heavy atom. The SMILES string of the molecule is CCC[SiH](C)Cl.[H+]. The highest BCUT2D eigenvalue weighted by atomic mass is 35.6.